The lowest BCUT2D eigenvalue weighted by molar-refractivity contribution is -0.159. The maximum atomic E-state index is 13.3. The lowest BCUT2D eigenvalue weighted by Crippen LogP contribution is -2.52. The average molecular weight is 615 g/mol. The Morgan fingerprint density at radius 2 is 1.50 bits per heavy atom. The third kappa shape index (κ3) is 11.8. The van der Waals surface area contributed by atoms with Gasteiger partial charge in [0.2, 0.25) is 11.8 Å². The maximum Gasteiger partial charge on any atom is 0.410 e. The predicted molar refractivity (Wildman–Crippen MR) is 166 cm³/mol. The van der Waals surface area contributed by atoms with Crippen molar-refractivity contribution in [3.05, 3.63) is 35.9 Å². The quantitative estimate of drug-likeness (QED) is 0.401. The molecular weight excluding hydrogens is 564 g/mol. The van der Waals surface area contributed by atoms with E-state index in [4.69, 9.17) is 9.47 Å². The Balaban J connectivity index is 1.48. The number of carbonyl (C=O) groups excluding carboxylic acids is 5. The van der Waals surface area contributed by atoms with E-state index in [1.54, 1.807) is 60.9 Å². The summed E-state index contributed by atoms with van der Waals surface area (Å²) in [6.45, 7) is 12.8. The van der Waals surface area contributed by atoms with E-state index >= 15 is 0 Å². The Morgan fingerprint density at radius 1 is 0.864 bits per heavy atom. The molecule has 2 N–H and O–H groups in total. The summed E-state index contributed by atoms with van der Waals surface area (Å²) in [6.07, 6.45) is 3.72. The first-order valence-corrected chi connectivity index (χ1v) is 15.7. The van der Waals surface area contributed by atoms with Crippen molar-refractivity contribution >= 4 is 29.8 Å². The molecule has 0 saturated carbocycles. The van der Waals surface area contributed by atoms with Crippen LogP contribution in [0.15, 0.2) is 30.3 Å². The van der Waals surface area contributed by atoms with Crippen LogP contribution in [0.4, 0.5) is 4.79 Å². The second-order valence-electron chi connectivity index (χ2n) is 13.8. The fourth-order valence-corrected chi connectivity index (χ4v) is 5.39. The fourth-order valence-electron chi connectivity index (χ4n) is 5.39. The van der Waals surface area contributed by atoms with Crippen LogP contribution in [0.3, 0.4) is 0 Å². The molecule has 4 amide bonds. The van der Waals surface area contributed by atoms with Crippen LogP contribution in [-0.2, 0) is 23.9 Å². The van der Waals surface area contributed by atoms with Crippen LogP contribution in [0, 0.1) is 5.92 Å². The lowest BCUT2D eigenvalue weighted by atomic mass is 9.92. The molecule has 0 radical (unpaired) electrons. The topological polar surface area (TPSA) is 134 Å². The van der Waals surface area contributed by atoms with E-state index in [2.05, 4.69) is 10.6 Å². The molecule has 2 aliphatic rings. The minimum atomic E-state index is -1.15. The normalized spacial score (nSPS) is 18.6. The summed E-state index contributed by atoms with van der Waals surface area (Å²) < 4.78 is 11.0. The summed E-state index contributed by atoms with van der Waals surface area (Å²) in [5, 5.41) is 5.75. The number of nitrogens with one attached hydrogen (secondary N) is 2. The molecule has 11 nitrogen and oxygen atoms in total. The molecular formula is C33H50N4O7. The third-order valence-corrected chi connectivity index (χ3v) is 7.60. The molecule has 1 aromatic carbocycles. The van der Waals surface area contributed by atoms with Crippen LogP contribution in [0.1, 0.15) is 96.8 Å². The zero-order valence-corrected chi connectivity index (χ0v) is 27.1. The van der Waals surface area contributed by atoms with Crippen molar-refractivity contribution < 1.29 is 33.4 Å². The van der Waals surface area contributed by atoms with E-state index in [1.807, 2.05) is 20.8 Å². The first-order chi connectivity index (χ1) is 20.6. The van der Waals surface area contributed by atoms with Gasteiger partial charge in [-0.1, -0.05) is 18.2 Å². The molecule has 0 aliphatic carbocycles. The molecule has 0 spiro atoms. The molecule has 0 aromatic heterocycles. The highest BCUT2D eigenvalue weighted by atomic mass is 16.6. The number of esters is 1. The zero-order chi connectivity index (χ0) is 32.5. The van der Waals surface area contributed by atoms with E-state index in [1.165, 1.54) is 0 Å². The van der Waals surface area contributed by atoms with Gasteiger partial charge in [0.15, 0.2) is 0 Å². The van der Waals surface area contributed by atoms with E-state index in [0.29, 0.717) is 50.5 Å². The molecule has 11 heteroatoms. The summed E-state index contributed by atoms with van der Waals surface area (Å²) >= 11 is 0. The van der Waals surface area contributed by atoms with Gasteiger partial charge in [-0.2, -0.15) is 0 Å². The number of ether oxygens (including phenoxy) is 2. The third-order valence-electron chi connectivity index (χ3n) is 7.60. The van der Waals surface area contributed by atoms with E-state index in [0.717, 1.165) is 25.7 Å². The Kier molecular flexibility index (Phi) is 12.2. The number of likely N-dealkylation sites (tertiary alicyclic amines) is 2. The Bertz CT molecular complexity index is 1150. The standard InChI is InChI=1S/C33H50N4O7/c1-32(2,3)43-30(41)26(35-29(40)24-11-8-7-9-12-24)21-28(39)37-18-10-13-25(22-37)34-27(38)15-14-23-16-19-36(20-17-23)31(42)44-33(4,5)6/h7-9,11-12,23,25-26H,10,13-22H2,1-6H3,(H,34,38)(H,35,40). The van der Waals surface area contributed by atoms with Crippen molar-refractivity contribution in [1.29, 1.82) is 0 Å². The highest BCUT2D eigenvalue weighted by Crippen LogP contribution is 2.24. The largest absolute Gasteiger partial charge is 0.458 e. The van der Waals surface area contributed by atoms with Crippen molar-refractivity contribution in [2.75, 3.05) is 26.2 Å². The molecule has 2 fully saturated rings. The zero-order valence-electron chi connectivity index (χ0n) is 27.1. The van der Waals surface area contributed by atoms with E-state index in [9.17, 15) is 24.0 Å². The van der Waals surface area contributed by atoms with Crippen LogP contribution < -0.4 is 10.6 Å². The van der Waals surface area contributed by atoms with Crippen molar-refractivity contribution in [3.63, 3.8) is 0 Å². The van der Waals surface area contributed by atoms with E-state index < -0.39 is 29.1 Å². The minimum Gasteiger partial charge on any atom is -0.458 e. The smallest absolute Gasteiger partial charge is 0.410 e. The van der Waals surface area contributed by atoms with Crippen LogP contribution >= 0.6 is 0 Å². The van der Waals surface area contributed by atoms with Gasteiger partial charge in [-0.3, -0.25) is 14.4 Å². The minimum absolute atomic E-state index is 0.0550. The number of piperidine rings is 2. The van der Waals surface area contributed by atoms with Gasteiger partial charge < -0.3 is 29.9 Å². The molecule has 2 unspecified atom stereocenters. The Morgan fingerprint density at radius 3 is 2.11 bits per heavy atom. The molecule has 0 bridgehead atoms. The molecule has 2 heterocycles. The van der Waals surface area contributed by atoms with Gasteiger partial charge >= 0.3 is 12.1 Å². The second-order valence-corrected chi connectivity index (χ2v) is 13.8. The maximum absolute atomic E-state index is 13.3. The lowest BCUT2D eigenvalue weighted by Gasteiger charge is -2.35. The number of amides is 4. The summed E-state index contributed by atoms with van der Waals surface area (Å²) in [5.41, 5.74) is -0.933. The van der Waals surface area contributed by atoms with Gasteiger partial charge in [-0.05, 0) is 91.7 Å². The first-order valence-electron chi connectivity index (χ1n) is 15.7. The Hall–Kier alpha value is -3.63. The summed E-state index contributed by atoms with van der Waals surface area (Å²) in [5.74, 6) is -1.12. The molecule has 3 rings (SSSR count). The van der Waals surface area contributed by atoms with E-state index in [-0.39, 0.29) is 30.4 Å². The number of nitrogens with zero attached hydrogens (tertiary/aromatic N) is 2. The first kappa shape index (κ1) is 34.9. The SMILES string of the molecule is CC(C)(C)OC(=O)C(CC(=O)N1CCCC(NC(=O)CCC2CCN(C(=O)OC(C)(C)C)CC2)C1)NC(=O)c1ccccc1. The molecule has 244 valence electrons. The van der Waals surface area contributed by atoms with Gasteiger partial charge in [0.1, 0.15) is 17.2 Å². The van der Waals surface area contributed by atoms with Gasteiger partial charge in [0.05, 0.1) is 6.42 Å². The van der Waals surface area contributed by atoms with Crippen molar-refractivity contribution in [1.82, 2.24) is 20.4 Å². The van der Waals surface area contributed by atoms with Gasteiger partial charge in [-0.25, -0.2) is 9.59 Å². The summed E-state index contributed by atoms with van der Waals surface area (Å²) in [4.78, 5) is 67.6. The monoisotopic (exact) mass is 614 g/mol. The number of hydrogen-bond acceptors (Lipinski definition) is 7. The van der Waals surface area contributed by atoms with Gasteiger partial charge in [0.25, 0.3) is 5.91 Å². The fraction of sp³-hybridized carbons (Fsp3) is 0.667. The predicted octanol–water partition coefficient (Wildman–Crippen LogP) is 4.05. The average Bonchev–Trinajstić information content (AvgIpc) is 2.94. The molecule has 44 heavy (non-hydrogen) atoms. The van der Waals surface area contributed by atoms with Crippen molar-refractivity contribution in [2.24, 2.45) is 5.92 Å². The second kappa shape index (κ2) is 15.4. The van der Waals surface area contributed by atoms with Crippen molar-refractivity contribution in [2.45, 2.75) is 110 Å². The number of benzene rings is 1. The number of rotatable bonds is 9. The summed E-state index contributed by atoms with van der Waals surface area (Å²) in [7, 11) is 0. The van der Waals surface area contributed by atoms with Crippen LogP contribution in [-0.4, -0.2) is 89.0 Å². The molecule has 2 saturated heterocycles. The van der Waals surface area contributed by atoms with Crippen LogP contribution in [0.5, 0.6) is 0 Å². The van der Waals surface area contributed by atoms with Crippen molar-refractivity contribution in [3.8, 4) is 0 Å². The van der Waals surface area contributed by atoms with Crippen LogP contribution in [0.2, 0.25) is 0 Å². The van der Waals surface area contributed by atoms with Crippen LogP contribution in [0.25, 0.3) is 0 Å². The summed E-state index contributed by atoms with van der Waals surface area (Å²) in [6, 6.07) is 7.16. The number of carbonyl (C=O) groups is 5. The molecule has 2 aliphatic heterocycles. The number of hydrogen-bond donors (Lipinski definition) is 2. The Labute approximate surface area is 261 Å². The van der Waals surface area contributed by atoms with Gasteiger partial charge in [-0.15, -0.1) is 0 Å². The highest BCUT2D eigenvalue weighted by Gasteiger charge is 2.33. The molecule has 2 atom stereocenters. The van der Waals surface area contributed by atoms with Gasteiger partial charge in [0, 0.05) is 44.2 Å². The molecule has 1 aromatic rings. The highest BCUT2D eigenvalue weighted by molar-refractivity contribution is 5.98.